The average Bonchev–Trinajstić information content (AvgIpc) is 1.53. The summed E-state index contributed by atoms with van der Waals surface area (Å²) in [6.45, 7) is 5.19. The highest BCUT2D eigenvalue weighted by Gasteiger charge is 2.47. The zero-order chi connectivity index (χ0) is 87.1. The van der Waals surface area contributed by atoms with Crippen molar-refractivity contribution in [3.05, 3.63) is 231 Å². The van der Waals surface area contributed by atoms with Gasteiger partial charge in [-0.15, -0.1) is 17.6 Å². The van der Waals surface area contributed by atoms with E-state index in [9.17, 15) is 41.5 Å². The van der Waals surface area contributed by atoms with Crippen LogP contribution in [0.4, 0.5) is 40.3 Å². The SMILES string of the molecule is CCOc1ccccc1-c1cc(=O)n(C)c2cc3c(cc12)OCO3.CCOc1ccccc1C1CC(=O)Nc2cc(OC)c(OC)c(OC)c21.COc1ccc(C2CC(=O)Nc3cc4c(cc32)OC(F)(F)O4)cc1.COc1ccccc1C1CC(=O)Nc2cc(OC)c(OC)c(OC)c21.COc1ccccc1C1CC(=O)Nc2cc3c(cc21)OC(F)(F)O3. The van der Waals surface area contributed by atoms with Gasteiger partial charge < -0.3 is 106 Å². The predicted octanol–water partition coefficient (Wildman–Crippen LogP) is 17.1. The Hall–Kier alpha value is -14.4. The summed E-state index contributed by atoms with van der Waals surface area (Å²) in [6.07, 6.45) is -6.40. The Morgan fingerprint density at radius 2 is 0.756 bits per heavy atom. The summed E-state index contributed by atoms with van der Waals surface area (Å²) in [6, 6.07) is 52.4. The molecule has 7 aliphatic rings. The molecule has 0 saturated heterocycles. The number of aryl methyl sites for hydroxylation is 1. The van der Waals surface area contributed by atoms with Gasteiger partial charge in [-0.3, -0.25) is 24.0 Å². The van der Waals surface area contributed by atoms with E-state index in [0.29, 0.717) is 117 Å². The van der Waals surface area contributed by atoms with Crippen LogP contribution in [0.1, 0.15) is 108 Å². The average molecular weight is 1690 g/mol. The molecular formula is C92H87F4N5O22. The second kappa shape index (κ2) is 36.3. The molecule has 4 N–H and O–H groups in total. The molecule has 4 amide bonds. The first-order valence-electron chi connectivity index (χ1n) is 38.9. The van der Waals surface area contributed by atoms with Crippen LogP contribution in [-0.2, 0) is 26.2 Å². The smallest absolute Gasteiger partial charge is 0.497 e. The maximum Gasteiger partial charge on any atom is 0.586 e. The first-order valence-corrected chi connectivity index (χ1v) is 38.9. The van der Waals surface area contributed by atoms with Gasteiger partial charge in [-0.25, -0.2) is 0 Å². The van der Waals surface area contributed by atoms with Gasteiger partial charge >= 0.3 is 12.6 Å². The lowest BCUT2D eigenvalue weighted by Gasteiger charge is -2.30. The van der Waals surface area contributed by atoms with E-state index in [1.165, 1.54) is 24.3 Å². The summed E-state index contributed by atoms with van der Waals surface area (Å²) in [4.78, 5) is 61.2. The van der Waals surface area contributed by atoms with Gasteiger partial charge in [-0.1, -0.05) is 84.9 Å². The highest BCUT2D eigenvalue weighted by atomic mass is 19.3. The molecule has 4 unspecified atom stereocenters. The first-order chi connectivity index (χ1) is 59.4. The van der Waals surface area contributed by atoms with Crippen LogP contribution in [0.5, 0.6) is 97.7 Å². The molecule has 10 aromatic carbocycles. The Morgan fingerprint density at radius 1 is 0.366 bits per heavy atom. The molecule has 31 heteroatoms. The van der Waals surface area contributed by atoms with Gasteiger partial charge in [0, 0.05) is 149 Å². The molecule has 640 valence electrons. The van der Waals surface area contributed by atoms with Crippen LogP contribution in [0.2, 0.25) is 0 Å². The fourth-order valence-corrected chi connectivity index (χ4v) is 16.0. The number of ether oxygens (including phenoxy) is 17. The number of carbonyl (C=O) groups is 4. The van der Waals surface area contributed by atoms with Gasteiger partial charge in [-0.05, 0) is 85.1 Å². The third kappa shape index (κ3) is 17.5. The number of halogens is 4. The number of rotatable bonds is 18. The number of nitrogens with one attached hydrogen (secondary N) is 4. The van der Waals surface area contributed by atoms with E-state index >= 15 is 0 Å². The topological polar surface area (TPSA) is 295 Å². The van der Waals surface area contributed by atoms with Crippen molar-refractivity contribution in [3.63, 3.8) is 0 Å². The van der Waals surface area contributed by atoms with Crippen molar-refractivity contribution in [3.8, 4) is 109 Å². The van der Waals surface area contributed by atoms with E-state index in [1.807, 2.05) is 129 Å². The molecule has 11 aromatic rings. The first kappa shape index (κ1) is 85.0. The minimum Gasteiger partial charge on any atom is -0.497 e. The fourth-order valence-electron chi connectivity index (χ4n) is 16.0. The number of benzene rings is 10. The second-order valence-corrected chi connectivity index (χ2v) is 28.4. The van der Waals surface area contributed by atoms with E-state index in [4.69, 9.17) is 61.6 Å². The third-order valence-electron chi connectivity index (χ3n) is 21.3. The van der Waals surface area contributed by atoms with Crippen molar-refractivity contribution in [1.29, 1.82) is 0 Å². The molecule has 0 fully saturated rings. The summed E-state index contributed by atoms with van der Waals surface area (Å²) in [5.41, 5.74) is 11.3. The Bertz CT molecular complexity index is 5930. The zero-order valence-corrected chi connectivity index (χ0v) is 68.9. The molecule has 4 atom stereocenters. The zero-order valence-electron chi connectivity index (χ0n) is 68.9. The van der Waals surface area contributed by atoms with Crippen molar-refractivity contribution < 1.29 is 117 Å². The Balaban J connectivity index is 0.000000125. The molecule has 0 saturated carbocycles. The molecular weight excluding hydrogens is 1600 g/mol. The quantitative estimate of drug-likeness (QED) is 0.0580. The predicted molar refractivity (Wildman–Crippen MR) is 446 cm³/mol. The number of fused-ring (bicyclic) bond motifs is 8. The molecule has 0 radical (unpaired) electrons. The van der Waals surface area contributed by atoms with Crippen molar-refractivity contribution in [2.75, 3.05) is 105 Å². The van der Waals surface area contributed by atoms with Crippen molar-refractivity contribution >= 4 is 57.3 Å². The summed E-state index contributed by atoms with van der Waals surface area (Å²) in [7, 11) is 15.9. The van der Waals surface area contributed by atoms with Gasteiger partial charge in [0.1, 0.15) is 28.7 Å². The standard InChI is InChI=1S/C20H23NO5.C19H21NO5.C19H17NO4.2C17H13F2NO4/c1-5-26-15-9-7-6-8-12(15)13-10-17(22)21-14-11-16(23-2)19(24-3)20(25-4)18(13)14;1-22-14-8-6-5-7-11(14)12-9-16(21)20-13-10-15(23-2)18(24-3)19(25-4)17(12)13;1-3-22-16-7-5-4-6-12(16)13-9-19(21)20(2)15-10-18-17(8-14(13)15)23-11-24-18;1-22-10-4-2-9(3-5-10)11-7-16(21)20-13-8-15-14(6-12(11)13)23-17(18,19)24-15;1-22-13-5-3-2-4-9(13)10-7-16(21)20-12-8-15-14(6-11(10)12)23-17(18,19)24-15/h6-9,11,13H,5,10H2,1-4H3,(H,21,22);5-8,10,12H,9H2,1-4H3,(H,20,21);4-10H,3,11H2,1-2H3;2-6,8,11H,7H2,1H3,(H,20,21);2-6,8,10H,7H2,1H3,(H,20,21). The maximum atomic E-state index is 13.3. The van der Waals surface area contributed by atoms with Gasteiger partial charge in [0.05, 0.1) is 94.1 Å². The number of methoxy groups -OCH3 is 9. The maximum absolute atomic E-state index is 13.3. The van der Waals surface area contributed by atoms with Crippen molar-refractivity contribution in [2.45, 2.75) is 75.8 Å². The number of amides is 4. The summed E-state index contributed by atoms with van der Waals surface area (Å²) >= 11 is 0. The van der Waals surface area contributed by atoms with E-state index in [2.05, 4.69) is 40.2 Å². The van der Waals surface area contributed by atoms with Crippen LogP contribution in [0.15, 0.2) is 181 Å². The van der Waals surface area contributed by atoms with E-state index in [-0.39, 0.29) is 95.5 Å². The number of hydrogen-bond acceptors (Lipinski definition) is 22. The van der Waals surface area contributed by atoms with Crippen LogP contribution in [0, 0.1) is 0 Å². The van der Waals surface area contributed by atoms with Crippen molar-refractivity contribution in [2.24, 2.45) is 7.05 Å². The lowest BCUT2D eigenvalue weighted by Crippen LogP contribution is -2.25. The van der Waals surface area contributed by atoms with Crippen LogP contribution >= 0.6 is 0 Å². The number of para-hydroxylation sites is 4. The summed E-state index contributed by atoms with van der Waals surface area (Å²) in [5.74, 6) is 6.22. The molecule has 8 heterocycles. The molecule has 0 aliphatic carbocycles. The lowest BCUT2D eigenvalue weighted by atomic mass is 9.83. The largest absolute Gasteiger partial charge is 0.586 e. The van der Waals surface area contributed by atoms with E-state index in [0.717, 1.165) is 72.7 Å². The van der Waals surface area contributed by atoms with Crippen LogP contribution in [-0.4, -0.2) is 125 Å². The van der Waals surface area contributed by atoms with Crippen molar-refractivity contribution in [1.82, 2.24) is 4.57 Å². The van der Waals surface area contributed by atoms with Gasteiger partial charge in [0.2, 0.25) is 41.9 Å². The van der Waals surface area contributed by atoms with Gasteiger partial charge in [-0.2, -0.15) is 0 Å². The number of carbonyl (C=O) groups excluding carboxylic acids is 4. The minimum absolute atomic E-state index is 0.0339. The highest BCUT2D eigenvalue weighted by molar-refractivity contribution is 6.01. The molecule has 0 bridgehead atoms. The Morgan fingerprint density at radius 3 is 1.22 bits per heavy atom. The molecule has 18 rings (SSSR count). The molecule has 0 spiro atoms. The van der Waals surface area contributed by atoms with Crippen LogP contribution < -0.4 is 107 Å². The molecule has 27 nitrogen and oxygen atoms in total. The van der Waals surface area contributed by atoms with Gasteiger partial charge in [0.15, 0.2) is 57.5 Å². The minimum atomic E-state index is -3.70. The number of hydrogen-bond donors (Lipinski definition) is 4. The normalized spacial score (nSPS) is 16.9. The van der Waals surface area contributed by atoms with Crippen LogP contribution in [0.3, 0.4) is 0 Å². The summed E-state index contributed by atoms with van der Waals surface area (Å²) in [5, 5.41) is 12.1. The van der Waals surface area contributed by atoms with Crippen LogP contribution in [0.25, 0.3) is 22.0 Å². The number of alkyl halides is 4. The lowest BCUT2D eigenvalue weighted by molar-refractivity contribution is -0.287. The fraction of sp³-hybridized carbons (Fsp3) is 0.272. The Kier molecular flexibility index (Phi) is 25.1. The third-order valence-corrected chi connectivity index (χ3v) is 21.3. The summed E-state index contributed by atoms with van der Waals surface area (Å²) < 4.78 is 144. The number of aromatic nitrogens is 1. The van der Waals surface area contributed by atoms with E-state index in [1.54, 1.807) is 112 Å². The molecule has 7 aliphatic heterocycles. The number of anilines is 4. The molecule has 123 heavy (non-hydrogen) atoms. The monoisotopic (exact) mass is 1690 g/mol. The molecule has 1 aromatic heterocycles. The highest BCUT2D eigenvalue weighted by Crippen LogP contribution is 2.56. The number of nitrogens with zero attached hydrogens (tertiary/aromatic N) is 1. The van der Waals surface area contributed by atoms with Gasteiger partial charge in [0.25, 0.3) is 5.56 Å². The van der Waals surface area contributed by atoms with E-state index < -0.39 is 12.6 Å². The number of pyridine rings is 1. The Labute approximate surface area is 703 Å². The second-order valence-electron chi connectivity index (χ2n) is 28.4.